The molecule has 0 saturated carbocycles. The third-order valence-electron chi connectivity index (χ3n) is 2.90. The van der Waals surface area contributed by atoms with Crippen molar-refractivity contribution in [1.82, 2.24) is 0 Å². The third kappa shape index (κ3) is 2.07. The Morgan fingerprint density at radius 1 is 1.33 bits per heavy atom. The van der Waals surface area contributed by atoms with Crippen LogP contribution in [-0.4, -0.2) is 36.9 Å². The Bertz CT molecular complexity index is 544. The first-order valence-corrected chi connectivity index (χ1v) is 5.74. The molecule has 1 aromatic carbocycles. The molecule has 1 N–H and O–H groups in total. The summed E-state index contributed by atoms with van der Waals surface area (Å²) in [4.78, 5) is 16.4. The van der Waals surface area contributed by atoms with Crippen LogP contribution in [0.5, 0.6) is 0 Å². The van der Waals surface area contributed by atoms with Crippen LogP contribution in [0.25, 0.3) is 5.76 Å². The van der Waals surface area contributed by atoms with E-state index in [2.05, 4.69) is 4.99 Å². The maximum absolute atomic E-state index is 12.2. The van der Waals surface area contributed by atoms with Crippen LogP contribution in [0.3, 0.4) is 0 Å². The second-order valence-electron chi connectivity index (χ2n) is 4.06. The maximum Gasteiger partial charge on any atom is 0.199 e. The van der Waals surface area contributed by atoms with E-state index in [1.807, 2.05) is 0 Å². The largest absolute Gasteiger partial charge is 0.506 e. The fourth-order valence-corrected chi connectivity index (χ4v) is 1.98. The van der Waals surface area contributed by atoms with Crippen molar-refractivity contribution in [2.24, 2.45) is 4.99 Å². The van der Waals surface area contributed by atoms with Gasteiger partial charge in [-0.2, -0.15) is 0 Å². The van der Waals surface area contributed by atoms with Crippen molar-refractivity contribution in [3.05, 3.63) is 41.0 Å². The summed E-state index contributed by atoms with van der Waals surface area (Å²) in [5, 5.41) is 10.1. The number of Topliss-reactive ketones (excluding diaryl/α,β-unsaturated/α-hetero) is 1. The standard InChI is InChI=1S/C14H15NO3/c1-9(15-7-8-18-2)12-13(16)10-5-3-4-6-11(10)14(12)17/h3-6,16H,7-8H2,1-2H3. The molecule has 2 rings (SSSR count). The Balaban J connectivity index is 2.34. The molecule has 18 heavy (non-hydrogen) atoms. The lowest BCUT2D eigenvalue weighted by atomic mass is 10.1. The number of hydrogen-bond donors (Lipinski definition) is 1. The summed E-state index contributed by atoms with van der Waals surface area (Å²) < 4.78 is 4.90. The number of ketones is 1. The van der Waals surface area contributed by atoms with E-state index in [0.29, 0.717) is 35.6 Å². The van der Waals surface area contributed by atoms with Gasteiger partial charge in [0.2, 0.25) is 0 Å². The van der Waals surface area contributed by atoms with Crippen molar-refractivity contribution in [3.8, 4) is 0 Å². The highest BCUT2D eigenvalue weighted by Gasteiger charge is 2.30. The molecule has 1 aromatic rings. The fraction of sp³-hybridized carbons (Fsp3) is 0.286. The molecule has 4 heteroatoms. The van der Waals surface area contributed by atoms with E-state index in [1.165, 1.54) is 0 Å². The zero-order valence-electron chi connectivity index (χ0n) is 10.4. The zero-order valence-corrected chi connectivity index (χ0v) is 10.4. The maximum atomic E-state index is 12.2. The lowest BCUT2D eigenvalue weighted by Gasteiger charge is -2.01. The zero-order chi connectivity index (χ0) is 13.1. The molecule has 94 valence electrons. The number of carbonyl (C=O) groups excluding carboxylic acids is 1. The Labute approximate surface area is 106 Å². The summed E-state index contributed by atoms with van der Waals surface area (Å²) in [6.07, 6.45) is 0. The van der Waals surface area contributed by atoms with Crippen LogP contribution in [0.1, 0.15) is 22.8 Å². The number of ether oxygens (including phenoxy) is 1. The van der Waals surface area contributed by atoms with Gasteiger partial charge in [0, 0.05) is 23.9 Å². The van der Waals surface area contributed by atoms with Crippen molar-refractivity contribution in [3.63, 3.8) is 0 Å². The molecule has 1 aliphatic rings. The average Bonchev–Trinajstić information content (AvgIpc) is 2.63. The number of carbonyl (C=O) groups is 1. The van der Waals surface area contributed by atoms with Gasteiger partial charge in [-0.05, 0) is 6.92 Å². The highest BCUT2D eigenvalue weighted by molar-refractivity contribution is 6.35. The first kappa shape index (κ1) is 12.5. The molecule has 0 bridgehead atoms. The number of benzene rings is 1. The topological polar surface area (TPSA) is 58.9 Å². The Kier molecular flexibility index (Phi) is 3.58. The van der Waals surface area contributed by atoms with E-state index in [9.17, 15) is 9.90 Å². The first-order valence-electron chi connectivity index (χ1n) is 5.74. The molecule has 0 amide bonds. The minimum absolute atomic E-state index is 0.0225. The van der Waals surface area contributed by atoms with E-state index in [1.54, 1.807) is 38.3 Å². The van der Waals surface area contributed by atoms with Crippen LogP contribution >= 0.6 is 0 Å². The summed E-state index contributed by atoms with van der Waals surface area (Å²) in [6.45, 7) is 2.69. The molecule has 0 atom stereocenters. The number of allylic oxidation sites excluding steroid dienone is 1. The average molecular weight is 245 g/mol. The minimum Gasteiger partial charge on any atom is -0.506 e. The van der Waals surface area contributed by atoms with Gasteiger partial charge < -0.3 is 9.84 Å². The molecule has 0 unspecified atom stereocenters. The van der Waals surface area contributed by atoms with Crippen LogP contribution in [0.4, 0.5) is 0 Å². The number of hydrogen-bond acceptors (Lipinski definition) is 4. The van der Waals surface area contributed by atoms with Crippen molar-refractivity contribution in [1.29, 1.82) is 0 Å². The van der Waals surface area contributed by atoms with Crippen LogP contribution < -0.4 is 0 Å². The van der Waals surface area contributed by atoms with E-state index >= 15 is 0 Å². The monoisotopic (exact) mass is 245 g/mol. The van der Waals surface area contributed by atoms with Crippen LogP contribution in [0.2, 0.25) is 0 Å². The van der Waals surface area contributed by atoms with Gasteiger partial charge in [0.15, 0.2) is 5.78 Å². The second-order valence-corrected chi connectivity index (χ2v) is 4.06. The summed E-state index contributed by atoms with van der Waals surface area (Å²) in [5.41, 5.74) is 1.96. The van der Waals surface area contributed by atoms with Crippen molar-refractivity contribution in [2.45, 2.75) is 6.92 Å². The SMILES string of the molecule is COCCN=C(C)C1=C(O)c2ccccc2C1=O. The van der Waals surface area contributed by atoms with Gasteiger partial charge in [-0.25, -0.2) is 0 Å². The molecule has 0 heterocycles. The quantitative estimate of drug-likeness (QED) is 0.653. The van der Waals surface area contributed by atoms with Crippen LogP contribution in [0, 0.1) is 0 Å². The smallest absolute Gasteiger partial charge is 0.199 e. The van der Waals surface area contributed by atoms with Crippen molar-refractivity contribution in [2.75, 3.05) is 20.3 Å². The molecule has 0 aromatic heterocycles. The highest BCUT2D eigenvalue weighted by atomic mass is 16.5. The van der Waals surface area contributed by atoms with Gasteiger partial charge in [0.05, 0.1) is 18.7 Å². The molecular weight excluding hydrogens is 230 g/mol. The van der Waals surface area contributed by atoms with E-state index in [0.717, 1.165) is 0 Å². The van der Waals surface area contributed by atoms with Crippen LogP contribution in [0.15, 0.2) is 34.8 Å². The second kappa shape index (κ2) is 5.14. The number of methoxy groups -OCH3 is 1. The van der Waals surface area contributed by atoms with Gasteiger partial charge in [-0.1, -0.05) is 24.3 Å². The van der Waals surface area contributed by atoms with E-state index < -0.39 is 0 Å². The van der Waals surface area contributed by atoms with Gasteiger partial charge >= 0.3 is 0 Å². The number of nitrogens with zero attached hydrogens (tertiary/aromatic N) is 1. The first-order chi connectivity index (χ1) is 8.66. The van der Waals surface area contributed by atoms with Crippen molar-refractivity contribution < 1.29 is 14.6 Å². The van der Waals surface area contributed by atoms with Gasteiger partial charge in [-0.15, -0.1) is 0 Å². The molecule has 4 nitrogen and oxygen atoms in total. The third-order valence-corrected chi connectivity index (χ3v) is 2.90. The predicted molar refractivity (Wildman–Crippen MR) is 70.2 cm³/mol. The summed E-state index contributed by atoms with van der Waals surface area (Å²) in [7, 11) is 1.60. The van der Waals surface area contributed by atoms with Gasteiger partial charge in [0.1, 0.15) is 5.76 Å². The normalized spacial score (nSPS) is 15.2. The molecule has 1 aliphatic carbocycles. The Morgan fingerprint density at radius 3 is 2.61 bits per heavy atom. The molecule has 0 radical (unpaired) electrons. The highest BCUT2D eigenvalue weighted by Crippen LogP contribution is 2.31. The number of fused-ring (bicyclic) bond motifs is 1. The molecule has 0 fully saturated rings. The number of aliphatic imine (C=N–C) groups is 1. The number of aliphatic hydroxyl groups excluding tert-OH is 1. The minimum atomic E-state index is -0.165. The summed E-state index contributed by atoms with van der Waals surface area (Å²) >= 11 is 0. The predicted octanol–water partition coefficient (Wildman–Crippen LogP) is 2.26. The summed E-state index contributed by atoms with van der Waals surface area (Å²) in [5.74, 6) is -0.143. The lowest BCUT2D eigenvalue weighted by molar-refractivity contribution is 0.104. The number of aliphatic hydroxyl groups is 1. The molecular formula is C14H15NO3. The van der Waals surface area contributed by atoms with Gasteiger partial charge in [-0.3, -0.25) is 9.79 Å². The molecule has 0 saturated heterocycles. The lowest BCUT2D eigenvalue weighted by Crippen LogP contribution is -2.09. The van der Waals surface area contributed by atoms with Crippen molar-refractivity contribution >= 4 is 17.3 Å². The molecule has 0 spiro atoms. The van der Waals surface area contributed by atoms with E-state index in [-0.39, 0.29) is 11.5 Å². The summed E-state index contributed by atoms with van der Waals surface area (Å²) in [6, 6.07) is 7.02. The molecule has 0 aliphatic heterocycles. The van der Waals surface area contributed by atoms with Crippen LogP contribution in [-0.2, 0) is 4.74 Å². The number of rotatable bonds is 4. The Morgan fingerprint density at radius 2 is 2.00 bits per heavy atom. The van der Waals surface area contributed by atoms with E-state index in [4.69, 9.17) is 4.74 Å². The fourth-order valence-electron chi connectivity index (χ4n) is 1.98. The Hall–Kier alpha value is -1.94. The van der Waals surface area contributed by atoms with Gasteiger partial charge in [0.25, 0.3) is 0 Å².